The van der Waals surface area contributed by atoms with E-state index in [2.05, 4.69) is 19.2 Å². The number of hydrogen-bond acceptors (Lipinski definition) is 4. The molecule has 28 heavy (non-hydrogen) atoms. The Kier molecular flexibility index (Phi) is 6.25. The van der Waals surface area contributed by atoms with Crippen LogP contribution in [0.4, 0.5) is 5.82 Å². The van der Waals surface area contributed by atoms with E-state index in [1.807, 2.05) is 18.4 Å². The molecule has 152 valence electrons. The number of aryl methyl sites for hydroxylation is 3. The molecule has 0 amide bonds. The molecule has 4 rings (SSSR count). The maximum Gasteiger partial charge on any atom is 0.248 e. The zero-order valence-corrected chi connectivity index (χ0v) is 19.0. The third-order valence-electron chi connectivity index (χ3n) is 5.59. The van der Waals surface area contributed by atoms with Gasteiger partial charge in [-0.3, -0.25) is 0 Å². The Morgan fingerprint density at radius 1 is 1.25 bits per heavy atom. The average Bonchev–Trinajstić information content (AvgIpc) is 3.30. The largest absolute Gasteiger partial charge is 0.590 e. The topological polar surface area (TPSA) is 65.3 Å². The standard InChI is InChI=1S/C20H25ClN4OS.ClH/c1-5-13(6-2)22-19-14-8-7-9-15(14)23-20-17(12(4)24-25(19)20)16-11(3)10-27(26)18(16)21;/h10,13,22H,5-9H2,1-4H3;1H. The van der Waals surface area contributed by atoms with Gasteiger partial charge in [-0.2, -0.15) is 9.61 Å². The predicted octanol–water partition coefficient (Wildman–Crippen LogP) is 5.91. The first-order valence-corrected chi connectivity index (χ1v) is 11.2. The van der Waals surface area contributed by atoms with Crippen LogP contribution in [0, 0.1) is 13.8 Å². The van der Waals surface area contributed by atoms with Crippen molar-refractivity contribution in [2.45, 2.75) is 65.8 Å². The summed E-state index contributed by atoms with van der Waals surface area (Å²) in [5.41, 5.74) is 6.75. The highest BCUT2D eigenvalue weighted by atomic mass is 35.5. The molecule has 0 spiro atoms. The normalized spacial score (nSPS) is 13.9. The number of nitrogens with one attached hydrogen (secondary N) is 1. The van der Waals surface area contributed by atoms with E-state index in [1.165, 1.54) is 5.56 Å². The van der Waals surface area contributed by atoms with E-state index in [-0.39, 0.29) is 12.4 Å². The second-order valence-corrected chi connectivity index (χ2v) is 9.18. The average molecular weight is 441 g/mol. The Hall–Kier alpha value is -1.34. The summed E-state index contributed by atoms with van der Waals surface area (Å²) in [6.07, 6.45) is 5.25. The highest BCUT2D eigenvalue weighted by Crippen LogP contribution is 2.44. The summed E-state index contributed by atoms with van der Waals surface area (Å²) >= 11 is 6.42. The number of nitrogens with zero attached hydrogens (tertiary/aromatic N) is 3. The molecule has 1 N–H and O–H groups in total. The zero-order chi connectivity index (χ0) is 19.3. The Bertz CT molecular complexity index is 1020. The fourth-order valence-corrected chi connectivity index (χ4v) is 5.47. The lowest BCUT2D eigenvalue weighted by molar-refractivity contribution is 0.598. The van der Waals surface area contributed by atoms with Crippen molar-refractivity contribution in [1.82, 2.24) is 14.6 Å². The van der Waals surface area contributed by atoms with Gasteiger partial charge in [0.15, 0.2) is 5.65 Å². The molecule has 1 aliphatic rings. The van der Waals surface area contributed by atoms with Crippen LogP contribution < -0.4 is 5.32 Å². The molecule has 1 unspecified atom stereocenters. The maximum absolute atomic E-state index is 12.2. The molecule has 3 heterocycles. The third-order valence-corrected chi connectivity index (χ3v) is 7.36. The number of rotatable bonds is 5. The van der Waals surface area contributed by atoms with E-state index in [0.29, 0.717) is 10.4 Å². The smallest absolute Gasteiger partial charge is 0.248 e. The van der Waals surface area contributed by atoms with Crippen molar-refractivity contribution >= 4 is 46.2 Å². The van der Waals surface area contributed by atoms with Gasteiger partial charge in [0.2, 0.25) is 4.34 Å². The van der Waals surface area contributed by atoms with E-state index in [0.717, 1.165) is 71.6 Å². The first kappa shape index (κ1) is 21.4. The SMILES string of the molecule is CCC(CC)Nc1c2c(nc3c(-c4c(C)c[s+]([O-])c4Cl)c(C)nn13)CCC2.Cl. The number of halogens is 2. The van der Waals surface area contributed by atoms with Crippen LogP contribution >= 0.6 is 34.8 Å². The summed E-state index contributed by atoms with van der Waals surface area (Å²) in [6.45, 7) is 8.32. The maximum atomic E-state index is 12.2. The van der Waals surface area contributed by atoms with Crippen LogP contribution in [0.1, 0.15) is 55.6 Å². The molecular weight excluding hydrogens is 415 g/mol. The van der Waals surface area contributed by atoms with E-state index >= 15 is 0 Å². The molecule has 0 fully saturated rings. The van der Waals surface area contributed by atoms with Gasteiger partial charge in [0.1, 0.15) is 11.2 Å². The third kappa shape index (κ3) is 3.30. The first-order valence-electron chi connectivity index (χ1n) is 9.63. The van der Waals surface area contributed by atoms with Crippen LogP contribution in [0.25, 0.3) is 16.8 Å². The minimum Gasteiger partial charge on any atom is -0.590 e. The molecule has 1 aliphatic carbocycles. The van der Waals surface area contributed by atoms with Gasteiger partial charge in [-0.05, 0) is 68.3 Å². The zero-order valence-electron chi connectivity index (χ0n) is 16.6. The highest BCUT2D eigenvalue weighted by molar-refractivity contribution is 7.27. The Labute approximate surface area is 179 Å². The molecule has 0 bridgehead atoms. The number of thiophene rings is 1. The number of anilines is 1. The van der Waals surface area contributed by atoms with Gasteiger partial charge in [-0.1, -0.05) is 13.8 Å². The molecule has 1 atom stereocenters. The quantitative estimate of drug-likeness (QED) is 0.501. The van der Waals surface area contributed by atoms with Crippen LogP contribution in [0.2, 0.25) is 4.34 Å². The van der Waals surface area contributed by atoms with Gasteiger partial charge in [0.05, 0.1) is 16.8 Å². The van der Waals surface area contributed by atoms with Gasteiger partial charge in [-0.25, -0.2) is 4.98 Å². The number of fused-ring (bicyclic) bond motifs is 2. The fraction of sp³-hybridized carbons (Fsp3) is 0.500. The van der Waals surface area contributed by atoms with Gasteiger partial charge < -0.3 is 9.87 Å². The molecule has 3 aromatic heterocycles. The summed E-state index contributed by atoms with van der Waals surface area (Å²) in [6, 6.07) is 0.400. The summed E-state index contributed by atoms with van der Waals surface area (Å²) < 4.78 is 14.5. The van der Waals surface area contributed by atoms with Gasteiger partial charge >= 0.3 is 0 Å². The Morgan fingerprint density at radius 2 is 1.96 bits per heavy atom. The van der Waals surface area contributed by atoms with E-state index in [4.69, 9.17) is 21.7 Å². The molecule has 0 saturated heterocycles. The lowest BCUT2D eigenvalue weighted by atomic mass is 10.1. The van der Waals surface area contributed by atoms with E-state index in [1.54, 1.807) is 5.38 Å². The van der Waals surface area contributed by atoms with Crippen molar-refractivity contribution in [3.63, 3.8) is 0 Å². The first-order chi connectivity index (χ1) is 13.0. The van der Waals surface area contributed by atoms with Crippen LogP contribution in [0.5, 0.6) is 0 Å². The molecule has 0 aliphatic heterocycles. The van der Waals surface area contributed by atoms with Crippen molar-refractivity contribution in [2.24, 2.45) is 0 Å². The van der Waals surface area contributed by atoms with Gasteiger partial charge in [-0.15, -0.1) is 12.4 Å². The minimum atomic E-state index is -1.28. The lowest BCUT2D eigenvalue weighted by Crippen LogP contribution is -2.21. The van der Waals surface area contributed by atoms with Crippen LogP contribution in [0.15, 0.2) is 5.38 Å². The lowest BCUT2D eigenvalue weighted by Gasteiger charge is -2.19. The molecule has 0 aromatic carbocycles. The van der Waals surface area contributed by atoms with Crippen molar-refractivity contribution in [1.29, 1.82) is 0 Å². The fourth-order valence-electron chi connectivity index (χ4n) is 4.09. The molecular formula is C20H26Cl2N4OS. The summed E-state index contributed by atoms with van der Waals surface area (Å²) in [5.74, 6) is 1.06. The van der Waals surface area contributed by atoms with Crippen LogP contribution in [-0.4, -0.2) is 25.2 Å². The molecule has 5 nitrogen and oxygen atoms in total. The Morgan fingerprint density at radius 3 is 2.57 bits per heavy atom. The molecule has 8 heteroatoms. The second-order valence-electron chi connectivity index (χ2n) is 7.34. The van der Waals surface area contributed by atoms with Gasteiger partial charge in [0, 0.05) is 22.9 Å². The van der Waals surface area contributed by atoms with Gasteiger partial charge in [0.25, 0.3) is 0 Å². The van der Waals surface area contributed by atoms with Crippen molar-refractivity contribution in [2.75, 3.05) is 5.32 Å². The summed E-state index contributed by atoms with van der Waals surface area (Å²) in [5, 5.41) is 10.2. The van der Waals surface area contributed by atoms with Crippen molar-refractivity contribution in [3.05, 3.63) is 32.2 Å². The van der Waals surface area contributed by atoms with Crippen LogP contribution in [-0.2, 0) is 12.8 Å². The second kappa shape index (κ2) is 8.19. The van der Waals surface area contributed by atoms with Crippen molar-refractivity contribution in [3.8, 4) is 11.1 Å². The number of aromatic nitrogens is 3. The van der Waals surface area contributed by atoms with Crippen molar-refractivity contribution < 1.29 is 4.55 Å². The minimum absolute atomic E-state index is 0. The molecule has 3 aromatic rings. The molecule has 0 radical (unpaired) electrons. The summed E-state index contributed by atoms with van der Waals surface area (Å²) in [4.78, 5) is 4.98. The predicted molar refractivity (Wildman–Crippen MR) is 119 cm³/mol. The van der Waals surface area contributed by atoms with Crippen LogP contribution in [0.3, 0.4) is 0 Å². The van der Waals surface area contributed by atoms with E-state index < -0.39 is 10.8 Å². The summed E-state index contributed by atoms with van der Waals surface area (Å²) in [7, 11) is -1.28. The monoisotopic (exact) mass is 440 g/mol. The Balaban J connectivity index is 0.00000225. The highest BCUT2D eigenvalue weighted by Gasteiger charge is 2.28. The van der Waals surface area contributed by atoms with E-state index in [9.17, 15) is 4.55 Å². The number of hydrogen-bond donors (Lipinski definition) is 1. The molecule has 0 saturated carbocycles.